The first kappa shape index (κ1) is 14.5. The second-order valence-electron chi connectivity index (χ2n) is 6.18. The fourth-order valence-electron chi connectivity index (χ4n) is 2.64. The van der Waals surface area contributed by atoms with Gasteiger partial charge in [-0.15, -0.1) is 0 Å². The average Bonchev–Trinajstić information content (AvgIpc) is 3.19. The van der Waals surface area contributed by atoms with E-state index in [1.54, 1.807) is 0 Å². The van der Waals surface area contributed by atoms with Crippen LogP contribution in [0, 0.1) is 5.41 Å². The highest BCUT2D eigenvalue weighted by atomic mass is 14.9. The van der Waals surface area contributed by atoms with Crippen molar-refractivity contribution in [2.75, 3.05) is 20.1 Å². The molecule has 0 aromatic heterocycles. The maximum atomic E-state index is 3.61. The SMILES string of the molecule is CCC(C)c1ccc(CNCC2(CNC)CC2)cc1. The highest BCUT2D eigenvalue weighted by Gasteiger charge is 2.41. The van der Waals surface area contributed by atoms with E-state index in [1.165, 1.54) is 30.4 Å². The summed E-state index contributed by atoms with van der Waals surface area (Å²) in [6, 6.07) is 9.11. The van der Waals surface area contributed by atoms with Crippen LogP contribution >= 0.6 is 0 Å². The number of nitrogens with one attached hydrogen (secondary N) is 2. The first-order valence-electron chi connectivity index (χ1n) is 7.63. The molecule has 1 aliphatic carbocycles. The van der Waals surface area contributed by atoms with Gasteiger partial charge < -0.3 is 10.6 Å². The maximum Gasteiger partial charge on any atom is 0.0205 e. The van der Waals surface area contributed by atoms with Crippen molar-refractivity contribution in [3.05, 3.63) is 35.4 Å². The Morgan fingerprint density at radius 3 is 2.37 bits per heavy atom. The van der Waals surface area contributed by atoms with Crippen molar-refractivity contribution in [1.82, 2.24) is 10.6 Å². The van der Waals surface area contributed by atoms with Gasteiger partial charge in [-0.3, -0.25) is 0 Å². The van der Waals surface area contributed by atoms with Gasteiger partial charge in [0.15, 0.2) is 0 Å². The zero-order valence-corrected chi connectivity index (χ0v) is 12.6. The summed E-state index contributed by atoms with van der Waals surface area (Å²) < 4.78 is 0. The predicted molar refractivity (Wildman–Crippen MR) is 82.4 cm³/mol. The van der Waals surface area contributed by atoms with Crippen LogP contribution in [-0.2, 0) is 6.54 Å². The topological polar surface area (TPSA) is 24.1 Å². The molecule has 0 radical (unpaired) electrons. The second-order valence-corrected chi connectivity index (χ2v) is 6.18. The Morgan fingerprint density at radius 1 is 1.16 bits per heavy atom. The summed E-state index contributed by atoms with van der Waals surface area (Å²) in [4.78, 5) is 0. The molecule has 2 nitrogen and oxygen atoms in total. The van der Waals surface area contributed by atoms with Gasteiger partial charge in [-0.1, -0.05) is 38.1 Å². The minimum atomic E-state index is 0.547. The van der Waals surface area contributed by atoms with Crippen LogP contribution in [0.1, 0.15) is 50.2 Å². The van der Waals surface area contributed by atoms with Gasteiger partial charge >= 0.3 is 0 Å². The molecule has 2 N–H and O–H groups in total. The molecular weight excluding hydrogens is 232 g/mol. The quantitative estimate of drug-likeness (QED) is 0.749. The normalized spacial score (nSPS) is 18.3. The van der Waals surface area contributed by atoms with Gasteiger partial charge in [0.25, 0.3) is 0 Å². The monoisotopic (exact) mass is 260 g/mol. The van der Waals surface area contributed by atoms with E-state index in [-0.39, 0.29) is 0 Å². The lowest BCUT2D eigenvalue weighted by Crippen LogP contribution is -2.31. The molecule has 2 rings (SSSR count). The van der Waals surface area contributed by atoms with Gasteiger partial charge in [-0.2, -0.15) is 0 Å². The summed E-state index contributed by atoms with van der Waals surface area (Å²) in [5.41, 5.74) is 3.40. The van der Waals surface area contributed by atoms with Crippen LogP contribution in [0.15, 0.2) is 24.3 Å². The zero-order valence-electron chi connectivity index (χ0n) is 12.6. The van der Waals surface area contributed by atoms with Crippen molar-refractivity contribution >= 4 is 0 Å². The average molecular weight is 260 g/mol. The van der Waals surface area contributed by atoms with Crippen LogP contribution in [-0.4, -0.2) is 20.1 Å². The number of hydrogen-bond acceptors (Lipinski definition) is 2. The van der Waals surface area contributed by atoms with Crippen molar-refractivity contribution in [2.24, 2.45) is 5.41 Å². The van der Waals surface area contributed by atoms with E-state index in [0.29, 0.717) is 11.3 Å². The van der Waals surface area contributed by atoms with Crippen LogP contribution in [0.3, 0.4) is 0 Å². The largest absolute Gasteiger partial charge is 0.319 e. The molecule has 0 saturated heterocycles. The zero-order chi connectivity index (χ0) is 13.7. The third kappa shape index (κ3) is 4.05. The van der Waals surface area contributed by atoms with Gasteiger partial charge in [0.2, 0.25) is 0 Å². The minimum absolute atomic E-state index is 0.547. The molecule has 1 aromatic carbocycles. The Hall–Kier alpha value is -0.860. The van der Waals surface area contributed by atoms with Crippen LogP contribution in [0.4, 0.5) is 0 Å². The maximum absolute atomic E-state index is 3.61. The number of rotatable bonds is 8. The molecule has 1 aliphatic rings. The fourth-order valence-corrected chi connectivity index (χ4v) is 2.64. The lowest BCUT2D eigenvalue weighted by molar-refractivity contribution is 0.438. The van der Waals surface area contributed by atoms with Gasteiger partial charge in [0.1, 0.15) is 0 Å². The van der Waals surface area contributed by atoms with E-state index >= 15 is 0 Å². The van der Waals surface area contributed by atoms with Crippen molar-refractivity contribution in [3.8, 4) is 0 Å². The van der Waals surface area contributed by atoms with Gasteiger partial charge in [0, 0.05) is 19.6 Å². The van der Waals surface area contributed by atoms with Gasteiger partial charge in [-0.25, -0.2) is 0 Å². The first-order chi connectivity index (χ1) is 9.19. The third-order valence-corrected chi connectivity index (χ3v) is 4.50. The minimum Gasteiger partial charge on any atom is -0.319 e. The molecule has 0 aliphatic heterocycles. The van der Waals surface area contributed by atoms with E-state index in [1.807, 2.05) is 7.05 Å². The molecule has 19 heavy (non-hydrogen) atoms. The molecule has 1 saturated carbocycles. The van der Waals surface area contributed by atoms with Gasteiger partial charge in [-0.05, 0) is 48.8 Å². The van der Waals surface area contributed by atoms with Crippen LogP contribution in [0.5, 0.6) is 0 Å². The number of hydrogen-bond donors (Lipinski definition) is 2. The molecule has 106 valence electrons. The summed E-state index contributed by atoms with van der Waals surface area (Å²) in [5, 5.41) is 6.92. The molecule has 1 aromatic rings. The predicted octanol–water partition coefficient (Wildman–Crippen LogP) is 3.29. The summed E-state index contributed by atoms with van der Waals surface area (Å²) in [5.74, 6) is 0.673. The molecule has 1 unspecified atom stereocenters. The van der Waals surface area contributed by atoms with E-state index in [4.69, 9.17) is 0 Å². The van der Waals surface area contributed by atoms with Crippen molar-refractivity contribution < 1.29 is 0 Å². The molecule has 0 heterocycles. The summed E-state index contributed by atoms with van der Waals surface area (Å²) in [6.45, 7) is 7.82. The molecule has 0 bridgehead atoms. The number of benzene rings is 1. The smallest absolute Gasteiger partial charge is 0.0205 e. The van der Waals surface area contributed by atoms with Crippen LogP contribution in [0.25, 0.3) is 0 Å². The van der Waals surface area contributed by atoms with Crippen molar-refractivity contribution in [1.29, 1.82) is 0 Å². The Labute approximate surface area is 118 Å². The molecule has 1 atom stereocenters. The van der Waals surface area contributed by atoms with E-state index in [0.717, 1.165) is 19.6 Å². The van der Waals surface area contributed by atoms with E-state index < -0.39 is 0 Å². The molecule has 2 heteroatoms. The fraction of sp³-hybridized carbons (Fsp3) is 0.647. The Morgan fingerprint density at radius 2 is 1.84 bits per heavy atom. The third-order valence-electron chi connectivity index (χ3n) is 4.50. The second kappa shape index (κ2) is 6.53. The summed E-state index contributed by atoms with van der Waals surface area (Å²) in [7, 11) is 2.05. The Balaban J connectivity index is 1.77. The molecule has 1 fully saturated rings. The van der Waals surface area contributed by atoms with Crippen LogP contribution < -0.4 is 10.6 Å². The highest BCUT2D eigenvalue weighted by Crippen LogP contribution is 2.44. The molecule has 0 amide bonds. The lowest BCUT2D eigenvalue weighted by atomic mass is 9.97. The van der Waals surface area contributed by atoms with E-state index in [9.17, 15) is 0 Å². The van der Waals surface area contributed by atoms with E-state index in [2.05, 4.69) is 48.7 Å². The summed E-state index contributed by atoms with van der Waals surface area (Å²) >= 11 is 0. The highest BCUT2D eigenvalue weighted by molar-refractivity contribution is 5.25. The molecular formula is C17H28N2. The van der Waals surface area contributed by atoms with Crippen molar-refractivity contribution in [2.45, 2.75) is 45.6 Å². The van der Waals surface area contributed by atoms with Crippen LogP contribution in [0.2, 0.25) is 0 Å². The van der Waals surface area contributed by atoms with Gasteiger partial charge in [0.05, 0.1) is 0 Å². The standard InChI is InChI=1S/C17H28N2/c1-4-14(2)16-7-5-15(6-8-16)11-19-13-17(9-10-17)12-18-3/h5-8,14,18-19H,4,9-13H2,1-3H3. The first-order valence-corrected chi connectivity index (χ1v) is 7.63. The lowest BCUT2D eigenvalue weighted by Gasteiger charge is -2.15. The summed E-state index contributed by atoms with van der Waals surface area (Å²) in [6.07, 6.45) is 3.95. The molecule has 0 spiro atoms. The van der Waals surface area contributed by atoms with Crippen molar-refractivity contribution in [3.63, 3.8) is 0 Å². The Bertz CT molecular complexity index is 379. The Kier molecular flexibility index (Phi) is 5.00.